The topological polar surface area (TPSA) is 39.1 Å². The van der Waals surface area contributed by atoms with Gasteiger partial charge in [-0.25, -0.2) is 0 Å². The van der Waals surface area contributed by atoms with Gasteiger partial charge in [-0.1, -0.05) is 18.2 Å². The Morgan fingerprint density at radius 3 is 2.79 bits per heavy atom. The average molecular weight is 208 g/mol. The lowest BCUT2D eigenvalue weighted by atomic mass is 10.1. The Bertz CT molecular complexity index is 516. The maximum absolute atomic E-state index is 11.2. The molecule has 0 spiro atoms. The normalized spacial score (nSPS) is 10.4. The summed E-state index contributed by atoms with van der Waals surface area (Å²) in [7, 11) is 0. The zero-order valence-electron chi connectivity index (χ0n) is 7.11. The minimum absolute atomic E-state index is 0.290. The number of rotatable bonds is 2. The molecule has 0 aliphatic rings. The molecule has 0 saturated heterocycles. The van der Waals surface area contributed by atoms with Crippen LogP contribution in [0.5, 0.6) is 0 Å². The number of hydrogen-bond acceptors (Lipinski definition) is 2. The van der Waals surface area contributed by atoms with E-state index in [2.05, 4.69) is 0 Å². The van der Waals surface area contributed by atoms with Crippen molar-refractivity contribution in [3.63, 3.8) is 0 Å². The molecule has 70 valence electrons. The molecule has 2 rings (SSSR count). The van der Waals surface area contributed by atoms with Crippen LogP contribution in [-0.4, -0.2) is 16.2 Å². The third kappa shape index (κ3) is 1.22. The summed E-state index contributed by atoms with van der Waals surface area (Å²) in [4.78, 5) is 21.6. The van der Waals surface area contributed by atoms with Crippen LogP contribution in [-0.2, 0) is 4.79 Å². The molecular formula is C10H6ClNO2. The Kier molecular flexibility index (Phi) is 2.09. The third-order valence-corrected chi connectivity index (χ3v) is 2.32. The van der Waals surface area contributed by atoms with Gasteiger partial charge in [0.05, 0.1) is 11.1 Å². The number of carbonyl (C=O) groups excluding carboxylic acids is 2. The highest BCUT2D eigenvalue weighted by Crippen LogP contribution is 2.21. The Morgan fingerprint density at radius 2 is 2.07 bits per heavy atom. The highest BCUT2D eigenvalue weighted by molar-refractivity contribution is 6.37. The number of ketones is 1. The molecule has 0 radical (unpaired) electrons. The maximum Gasteiger partial charge on any atom is 0.227 e. The molecule has 0 amide bonds. The first-order valence-corrected chi connectivity index (χ1v) is 4.33. The van der Waals surface area contributed by atoms with Gasteiger partial charge in [0.15, 0.2) is 6.29 Å². The van der Waals surface area contributed by atoms with Crippen LogP contribution in [0.4, 0.5) is 0 Å². The van der Waals surface area contributed by atoms with E-state index in [9.17, 15) is 9.59 Å². The lowest BCUT2D eigenvalue weighted by molar-refractivity contribution is -0.104. The van der Waals surface area contributed by atoms with E-state index < -0.39 is 5.78 Å². The van der Waals surface area contributed by atoms with Gasteiger partial charge < -0.3 is 0 Å². The Hall–Kier alpha value is -1.61. The molecule has 1 heterocycles. The van der Waals surface area contributed by atoms with Crippen molar-refractivity contribution in [2.24, 2.45) is 0 Å². The van der Waals surface area contributed by atoms with Gasteiger partial charge in [-0.15, -0.1) is 0 Å². The molecule has 3 nitrogen and oxygen atoms in total. The highest BCUT2D eigenvalue weighted by Gasteiger charge is 2.12. The summed E-state index contributed by atoms with van der Waals surface area (Å²) < 4.78 is 1.31. The second-order valence-corrected chi connectivity index (χ2v) is 3.22. The molecule has 4 heteroatoms. The van der Waals surface area contributed by atoms with Gasteiger partial charge in [0.1, 0.15) is 0 Å². The van der Waals surface area contributed by atoms with Gasteiger partial charge in [-0.3, -0.25) is 13.7 Å². The SMILES string of the molecule is O=CC(=O)c1cn(Cl)c2ccccc12. The largest absolute Gasteiger partial charge is 0.294 e. The quantitative estimate of drug-likeness (QED) is 0.429. The van der Waals surface area contributed by atoms with E-state index >= 15 is 0 Å². The Balaban J connectivity index is 2.78. The predicted molar refractivity (Wildman–Crippen MR) is 53.6 cm³/mol. The molecule has 0 N–H and O–H groups in total. The molecule has 0 saturated carbocycles. The van der Waals surface area contributed by atoms with Crippen molar-refractivity contribution in [1.82, 2.24) is 4.09 Å². The molecule has 14 heavy (non-hydrogen) atoms. The van der Waals surface area contributed by atoms with Crippen molar-refractivity contribution in [2.75, 3.05) is 0 Å². The van der Waals surface area contributed by atoms with Crippen molar-refractivity contribution in [1.29, 1.82) is 0 Å². The fourth-order valence-electron chi connectivity index (χ4n) is 1.40. The third-order valence-electron chi connectivity index (χ3n) is 2.04. The molecule has 0 fully saturated rings. The summed E-state index contributed by atoms with van der Waals surface area (Å²) in [6.07, 6.45) is 1.74. The number of carbonyl (C=O) groups is 2. The molecule has 0 bridgehead atoms. The van der Waals surface area contributed by atoms with Crippen molar-refractivity contribution in [2.45, 2.75) is 0 Å². The van der Waals surface area contributed by atoms with Gasteiger partial charge in [0.25, 0.3) is 0 Å². The van der Waals surface area contributed by atoms with E-state index in [-0.39, 0.29) is 0 Å². The number of hydrogen-bond donors (Lipinski definition) is 0. The Morgan fingerprint density at radius 1 is 1.36 bits per heavy atom. The van der Waals surface area contributed by atoms with Crippen LogP contribution in [0.15, 0.2) is 30.5 Å². The molecule has 0 aliphatic heterocycles. The van der Waals surface area contributed by atoms with Crippen molar-refractivity contribution >= 4 is 34.7 Å². The van der Waals surface area contributed by atoms with Gasteiger partial charge in [-0.05, 0) is 6.07 Å². The van der Waals surface area contributed by atoms with Crippen LogP contribution >= 0.6 is 11.8 Å². The van der Waals surface area contributed by atoms with E-state index in [0.29, 0.717) is 17.2 Å². The maximum atomic E-state index is 11.2. The number of benzene rings is 1. The lowest BCUT2D eigenvalue weighted by Gasteiger charge is -1.91. The minimum atomic E-state index is -0.555. The lowest BCUT2D eigenvalue weighted by Crippen LogP contribution is -1.97. The van der Waals surface area contributed by atoms with Crippen LogP contribution in [0.25, 0.3) is 10.9 Å². The second-order valence-electron chi connectivity index (χ2n) is 2.85. The smallest absolute Gasteiger partial charge is 0.227 e. The number of Topliss-reactive ketones (excluding diaryl/α,β-unsaturated/α-hetero) is 1. The van der Waals surface area contributed by atoms with Crippen molar-refractivity contribution < 1.29 is 9.59 Å². The highest BCUT2D eigenvalue weighted by atomic mass is 35.5. The zero-order chi connectivity index (χ0) is 10.1. The van der Waals surface area contributed by atoms with Gasteiger partial charge >= 0.3 is 0 Å². The number of halogens is 1. The fraction of sp³-hybridized carbons (Fsp3) is 0. The number of aldehydes is 1. The van der Waals surface area contributed by atoms with E-state index in [0.717, 1.165) is 5.52 Å². The van der Waals surface area contributed by atoms with E-state index in [1.165, 1.54) is 10.3 Å². The first kappa shape index (κ1) is 8.97. The zero-order valence-corrected chi connectivity index (χ0v) is 7.86. The van der Waals surface area contributed by atoms with Crippen LogP contribution in [0.3, 0.4) is 0 Å². The standard InChI is InChI=1S/C10H6ClNO2/c11-12-5-8(10(14)6-13)7-3-1-2-4-9(7)12/h1-6H. The Labute approximate surface area is 85.0 Å². The molecule has 0 unspecified atom stereocenters. The number of para-hydroxylation sites is 1. The monoisotopic (exact) mass is 207 g/mol. The summed E-state index contributed by atoms with van der Waals surface area (Å²) in [5.74, 6) is -0.555. The first-order valence-electron chi connectivity index (χ1n) is 4.00. The van der Waals surface area contributed by atoms with E-state index in [1.54, 1.807) is 18.2 Å². The summed E-state index contributed by atoms with van der Waals surface area (Å²) in [5, 5.41) is 0.694. The number of fused-ring (bicyclic) bond motifs is 1. The minimum Gasteiger partial charge on any atom is -0.294 e. The summed E-state index contributed by atoms with van der Waals surface area (Å²) in [6.45, 7) is 0. The molecule has 2 aromatic rings. The van der Waals surface area contributed by atoms with Crippen LogP contribution in [0.2, 0.25) is 0 Å². The summed E-state index contributed by atoms with van der Waals surface area (Å²) in [5.41, 5.74) is 1.06. The van der Waals surface area contributed by atoms with Gasteiger partial charge in [0.2, 0.25) is 5.78 Å². The summed E-state index contributed by atoms with van der Waals surface area (Å²) in [6, 6.07) is 7.14. The van der Waals surface area contributed by atoms with E-state index in [1.807, 2.05) is 6.07 Å². The number of nitrogens with zero attached hydrogens (tertiary/aromatic N) is 1. The van der Waals surface area contributed by atoms with Crippen LogP contribution in [0.1, 0.15) is 10.4 Å². The fourth-order valence-corrected chi connectivity index (χ4v) is 1.64. The number of aromatic nitrogens is 1. The van der Waals surface area contributed by atoms with Crippen LogP contribution < -0.4 is 0 Å². The average Bonchev–Trinajstić information content (AvgIpc) is 2.56. The molecular weight excluding hydrogens is 202 g/mol. The van der Waals surface area contributed by atoms with Gasteiger partial charge in [0, 0.05) is 23.4 Å². The van der Waals surface area contributed by atoms with Gasteiger partial charge in [-0.2, -0.15) is 0 Å². The second kappa shape index (κ2) is 3.27. The molecule has 0 aliphatic carbocycles. The molecule has 0 atom stereocenters. The first-order chi connectivity index (χ1) is 6.74. The summed E-state index contributed by atoms with van der Waals surface area (Å²) >= 11 is 5.83. The predicted octanol–water partition coefficient (Wildman–Crippen LogP) is 2.02. The van der Waals surface area contributed by atoms with Crippen molar-refractivity contribution in [3.05, 3.63) is 36.0 Å². The molecule has 1 aromatic carbocycles. The van der Waals surface area contributed by atoms with Crippen LogP contribution in [0, 0.1) is 0 Å². The molecule has 1 aromatic heterocycles. The van der Waals surface area contributed by atoms with Crippen molar-refractivity contribution in [3.8, 4) is 0 Å². The van der Waals surface area contributed by atoms with E-state index in [4.69, 9.17) is 11.8 Å².